The van der Waals surface area contributed by atoms with Gasteiger partial charge in [-0.25, -0.2) is 4.98 Å². The zero-order valence-electron chi connectivity index (χ0n) is 9.38. The highest BCUT2D eigenvalue weighted by Gasteiger charge is 2.30. The van der Waals surface area contributed by atoms with Gasteiger partial charge in [-0.05, 0) is 37.3 Å². The summed E-state index contributed by atoms with van der Waals surface area (Å²) in [4.78, 5) is 6.83. The first kappa shape index (κ1) is 12.8. The third-order valence-corrected chi connectivity index (χ3v) is 2.56. The maximum absolute atomic E-state index is 12.6. The second-order valence-corrected chi connectivity index (χ2v) is 4.22. The second-order valence-electron chi connectivity index (χ2n) is 3.83. The Morgan fingerprint density at radius 2 is 1.94 bits per heavy atom. The monoisotopic (exact) mass is 270 g/mol. The van der Waals surface area contributed by atoms with Crippen LogP contribution in [0.5, 0.6) is 0 Å². The van der Waals surface area contributed by atoms with Gasteiger partial charge in [0.05, 0.1) is 11.3 Å². The minimum absolute atomic E-state index is 0.252. The molecule has 1 N–H and O–H groups in total. The van der Waals surface area contributed by atoms with Crippen LogP contribution in [0.4, 0.5) is 13.2 Å². The number of benzene rings is 1. The molecule has 6 heteroatoms. The van der Waals surface area contributed by atoms with Crippen molar-refractivity contribution in [1.82, 2.24) is 9.97 Å². The maximum atomic E-state index is 12.6. The lowest BCUT2D eigenvalue weighted by Gasteiger charge is -2.08. The van der Waals surface area contributed by atoms with Crippen molar-refractivity contribution >= 4 is 12.2 Å². The van der Waals surface area contributed by atoms with Crippen molar-refractivity contribution in [2.24, 2.45) is 0 Å². The molecule has 0 saturated heterocycles. The number of aryl methyl sites for hydroxylation is 1. The topological polar surface area (TPSA) is 28.7 Å². The number of rotatable bonds is 1. The number of halogens is 3. The first-order chi connectivity index (χ1) is 8.36. The van der Waals surface area contributed by atoms with Gasteiger partial charge in [0.15, 0.2) is 4.77 Å². The van der Waals surface area contributed by atoms with Crippen LogP contribution < -0.4 is 0 Å². The average Bonchev–Trinajstić information content (AvgIpc) is 2.27. The number of nitrogens with one attached hydrogen (secondary N) is 1. The Kier molecular flexibility index (Phi) is 3.21. The highest BCUT2D eigenvalue weighted by Crippen LogP contribution is 2.31. The third kappa shape index (κ3) is 2.76. The van der Waals surface area contributed by atoms with E-state index in [-0.39, 0.29) is 4.77 Å². The summed E-state index contributed by atoms with van der Waals surface area (Å²) >= 11 is 4.90. The predicted molar refractivity (Wildman–Crippen MR) is 64.6 cm³/mol. The first-order valence-electron chi connectivity index (χ1n) is 5.12. The Labute approximate surface area is 107 Å². The van der Waals surface area contributed by atoms with Crippen molar-refractivity contribution in [2.75, 3.05) is 0 Å². The molecule has 2 nitrogen and oxygen atoms in total. The van der Waals surface area contributed by atoms with Crippen LogP contribution in [0.3, 0.4) is 0 Å². The standard InChI is InChI=1S/C12H9F3N2S/c1-7-5-10(17-11(18)16-7)8-3-2-4-9(6-8)12(13,14)15/h2-6H,1H3,(H,16,17,18). The van der Waals surface area contributed by atoms with Crippen molar-refractivity contribution in [3.05, 3.63) is 46.4 Å². The minimum atomic E-state index is -4.36. The van der Waals surface area contributed by atoms with Crippen LogP contribution >= 0.6 is 12.2 Å². The van der Waals surface area contributed by atoms with Crippen molar-refractivity contribution < 1.29 is 13.2 Å². The molecule has 1 aromatic carbocycles. The molecule has 1 heterocycles. The molecule has 18 heavy (non-hydrogen) atoms. The lowest BCUT2D eigenvalue weighted by Crippen LogP contribution is -2.04. The fourth-order valence-corrected chi connectivity index (χ4v) is 1.84. The molecule has 0 fully saturated rings. The number of hydrogen-bond donors (Lipinski definition) is 1. The lowest BCUT2D eigenvalue weighted by molar-refractivity contribution is -0.137. The van der Waals surface area contributed by atoms with E-state index in [2.05, 4.69) is 9.97 Å². The molecule has 0 unspecified atom stereocenters. The smallest absolute Gasteiger partial charge is 0.335 e. The molecule has 0 spiro atoms. The van der Waals surface area contributed by atoms with Crippen LogP contribution in [0, 0.1) is 11.7 Å². The van der Waals surface area contributed by atoms with Gasteiger partial charge in [-0.1, -0.05) is 12.1 Å². The Balaban J connectivity index is 2.54. The lowest BCUT2D eigenvalue weighted by atomic mass is 10.1. The van der Waals surface area contributed by atoms with E-state index in [9.17, 15) is 13.2 Å². The molecule has 0 bridgehead atoms. The molecule has 0 aliphatic heterocycles. The Morgan fingerprint density at radius 1 is 1.22 bits per heavy atom. The SMILES string of the molecule is Cc1cc(-c2cccc(C(F)(F)F)c2)nc(=S)[nH]1. The van der Waals surface area contributed by atoms with Gasteiger partial charge in [0.1, 0.15) is 0 Å². The number of nitrogens with zero attached hydrogens (tertiary/aromatic N) is 1. The van der Waals surface area contributed by atoms with Gasteiger partial charge >= 0.3 is 6.18 Å². The van der Waals surface area contributed by atoms with Crippen LogP contribution in [0.15, 0.2) is 30.3 Å². The van der Waals surface area contributed by atoms with E-state index >= 15 is 0 Å². The fourth-order valence-electron chi connectivity index (χ4n) is 1.58. The zero-order valence-corrected chi connectivity index (χ0v) is 10.2. The Morgan fingerprint density at radius 3 is 2.56 bits per heavy atom. The largest absolute Gasteiger partial charge is 0.416 e. The van der Waals surface area contributed by atoms with E-state index < -0.39 is 11.7 Å². The van der Waals surface area contributed by atoms with E-state index in [0.717, 1.165) is 17.8 Å². The summed E-state index contributed by atoms with van der Waals surface area (Å²) in [6, 6.07) is 6.68. The molecular weight excluding hydrogens is 261 g/mol. The number of alkyl halides is 3. The summed E-state index contributed by atoms with van der Waals surface area (Å²) in [7, 11) is 0. The summed E-state index contributed by atoms with van der Waals surface area (Å²) in [6.07, 6.45) is -4.36. The minimum Gasteiger partial charge on any atom is -0.335 e. The highest BCUT2D eigenvalue weighted by atomic mass is 32.1. The zero-order chi connectivity index (χ0) is 13.3. The van der Waals surface area contributed by atoms with Crippen LogP contribution in [0.25, 0.3) is 11.3 Å². The van der Waals surface area contributed by atoms with Crippen molar-refractivity contribution in [2.45, 2.75) is 13.1 Å². The number of aromatic amines is 1. The summed E-state index contributed by atoms with van der Waals surface area (Å²) in [5.74, 6) is 0. The van der Waals surface area contributed by atoms with E-state index in [0.29, 0.717) is 11.3 Å². The molecule has 0 atom stereocenters. The molecule has 0 radical (unpaired) electrons. The van der Waals surface area contributed by atoms with Crippen molar-refractivity contribution in [3.63, 3.8) is 0 Å². The molecule has 2 aromatic rings. The summed E-state index contributed by atoms with van der Waals surface area (Å²) < 4.78 is 38.0. The van der Waals surface area contributed by atoms with E-state index in [1.165, 1.54) is 6.07 Å². The van der Waals surface area contributed by atoms with Gasteiger partial charge < -0.3 is 4.98 Å². The Bertz CT molecular complexity index is 632. The summed E-state index contributed by atoms with van der Waals surface area (Å²) in [5.41, 5.74) is 0.885. The average molecular weight is 270 g/mol. The van der Waals surface area contributed by atoms with Gasteiger partial charge in [0, 0.05) is 11.3 Å². The molecule has 0 aliphatic carbocycles. The van der Waals surface area contributed by atoms with Gasteiger partial charge in [-0.2, -0.15) is 13.2 Å². The van der Waals surface area contributed by atoms with E-state index in [1.54, 1.807) is 19.1 Å². The molecule has 0 amide bonds. The number of aromatic nitrogens is 2. The van der Waals surface area contributed by atoms with Gasteiger partial charge in [0.2, 0.25) is 0 Å². The van der Waals surface area contributed by atoms with E-state index in [4.69, 9.17) is 12.2 Å². The maximum Gasteiger partial charge on any atom is 0.416 e. The molecule has 2 rings (SSSR count). The van der Waals surface area contributed by atoms with Gasteiger partial charge in [0.25, 0.3) is 0 Å². The summed E-state index contributed by atoms with van der Waals surface area (Å²) in [6.45, 7) is 1.77. The predicted octanol–water partition coefficient (Wildman–Crippen LogP) is 4.13. The van der Waals surface area contributed by atoms with Crippen LogP contribution in [0.1, 0.15) is 11.3 Å². The second kappa shape index (κ2) is 4.53. The van der Waals surface area contributed by atoms with Crippen LogP contribution in [0.2, 0.25) is 0 Å². The number of hydrogen-bond acceptors (Lipinski definition) is 2. The fraction of sp³-hybridized carbons (Fsp3) is 0.167. The third-order valence-electron chi connectivity index (χ3n) is 2.36. The molecule has 94 valence electrons. The van der Waals surface area contributed by atoms with Gasteiger partial charge in [-0.3, -0.25) is 0 Å². The summed E-state index contributed by atoms with van der Waals surface area (Å²) in [5, 5.41) is 0. The van der Waals surface area contributed by atoms with Gasteiger partial charge in [-0.15, -0.1) is 0 Å². The quantitative estimate of drug-likeness (QED) is 0.789. The van der Waals surface area contributed by atoms with Crippen LogP contribution in [-0.4, -0.2) is 9.97 Å². The molecule has 0 aliphatic rings. The molecular formula is C12H9F3N2S. The molecule has 1 aromatic heterocycles. The van der Waals surface area contributed by atoms with Crippen LogP contribution in [-0.2, 0) is 6.18 Å². The molecule has 0 saturated carbocycles. The van der Waals surface area contributed by atoms with Crippen molar-refractivity contribution in [1.29, 1.82) is 0 Å². The van der Waals surface area contributed by atoms with E-state index in [1.807, 2.05) is 0 Å². The van der Waals surface area contributed by atoms with Crippen molar-refractivity contribution in [3.8, 4) is 11.3 Å². The Hall–Kier alpha value is -1.69. The highest BCUT2D eigenvalue weighted by molar-refractivity contribution is 7.71. The number of H-pyrrole nitrogens is 1. The first-order valence-corrected chi connectivity index (χ1v) is 5.53. The normalized spacial score (nSPS) is 11.6.